The Labute approximate surface area is 121 Å². The summed E-state index contributed by atoms with van der Waals surface area (Å²) in [7, 11) is 5.47. The van der Waals surface area contributed by atoms with Crippen LogP contribution in [0.3, 0.4) is 0 Å². The number of likely N-dealkylation sites (N-methyl/N-ethyl adjacent to an activating group) is 1. The first-order chi connectivity index (χ1) is 9.67. The molecule has 1 aromatic carbocycles. The first-order valence-corrected chi connectivity index (χ1v) is 7.01. The van der Waals surface area contributed by atoms with E-state index in [9.17, 15) is 0 Å². The van der Waals surface area contributed by atoms with E-state index >= 15 is 0 Å². The molecule has 1 atom stereocenters. The van der Waals surface area contributed by atoms with Gasteiger partial charge in [-0.1, -0.05) is 6.07 Å². The van der Waals surface area contributed by atoms with Crippen LogP contribution < -0.4 is 15.2 Å². The molecule has 2 N–H and O–H groups in total. The van der Waals surface area contributed by atoms with E-state index in [1.54, 1.807) is 14.2 Å². The average Bonchev–Trinajstić information content (AvgIpc) is 2.48. The lowest BCUT2D eigenvalue weighted by Gasteiger charge is -2.39. The van der Waals surface area contributed by atoms with Crippen LogP contribution in [-0.2, 0) is 6.54 Å². The summed E-state index contributed by atoms with van der Waals surface area (Å²) in [5.74, 6) is 1.55. The predicted octanol–water partition coefficient (Wildman–Crippen LogP) is 0.779. The number of nitrogens with zero attached hydrogens (tertiary/aromatic N) is 2. The molecule has 20 heavy (non-hydrogen) atoms. The summed E-state index contributed by atoms with van der Waals surface area (Å²) in [6, 6.07) is 6.52. The molecule has 2 rings (SSSR count). The summed E-state index contributed by atoms with van der Waals surface area (Å²) in [6.07, 6.45) is 0. The highest BCUT2D eigenvalue weighted by molar-refractivity contribution is 5.42. The van der Waals surface area contributed by atoms with Gasteiger partial charge in [-0.05, 0) is 24.7 Å². The maximum absolute atomic E-state index is 5.90. The Kier molecular flexibility index (Phi) is 5.23. The van der Waals surface area contributed by atoms with Crippen LogP contribution in [0.1, 0.15) is 5.56 Å². The minimum Gasteiger partial charge on any atom is -0.493 e. The Bertz CT molecular complexity index is 439. The summed E-state index contributed by atoms with van der Waals surface area (Å²) < 4.78 is 10.6. The number of nitrogens with two attached hydrogens (primary N) is 1. The van der Waals surface area contributed by atoms with Gasteiger partial charge >= 0.3 is 0 Å². The molecule has 0 radical (unpaired) electrons. The molecule has 5 heteroatoms. The zero-order chi connectivity index (χ0) is 14.5. The van der Waals surface area contributed by atoms with E-state index in [1.807, 2.05) is 12.1 Å². The van der Waals surface area contributed by atoms with Crippen molar-refractivity contribution < 1.29 is 9.47 Å². The molecule has 5 nitrogen and oxygen atoms in total. The molecule has 1 heterocycles. The largest absolute Gasteiger partial charge is 0.493 e. The molecular weight excluding hydrogens is 254 g/mol. The molecule has 0 bridgehead atoms. The van der Waals surface area contributed by atoms with Gasteiger partial charge in [0.15, 0.2) is 11.5 Å². The fourth-order valence-electron chi connectivity index (χ4n) is 2.69. The Balaban J connectivity index is 2.09. The molecule has 0 aliphatic carbocycles. The fourth-order valence-corrected chi connectivity index (χ4v) is 2.69. The van der Waals surface area contributed by atoms with E-state index in [0.29, 0.717) is 12.6 Å². The van der Waals surface area contributed by atoms with Crippen molar-refractivity contribution in [3.63, 3.8) is 0 Å². The Morgan fingerprint density at radius 2 is 1.95 bits per heavy atom. The molecule has 1 aliphatic heterocycles. The number of ether oxygens (including phenoxy) is 2. The van der Waals surface area contributed by atoms with Gasteiger partial charge in [0.1, 0.15) is 0 Å². The minimum atomic E-state index is 0.418. The Morgan fingerprint density at radius 1 is 1.20 bits per heavy atom. The van der Waals surface area contributed by atoms with Gasteiger partial charge in [0.05, 0.1) is 14.2 Å². The van der Waals surface area contributed by atoms with Crippen LogP contribution in [0.25, 0.3) is 0 Å². The molecule has 1 fully saturated rings. The van der Waals surface area contributed by atoms with E-state index in [-0.39, 0.29) is 0 Å². The van der Waals surface area contributed by atoms with Crippen molar-refractivity contribution in [1.82, 2.24) is 9.80 Å². The predicted molar refractivity (Wildman–Crippen MR) is 80.3 cm³/mol. The Hall–Kier alpha value is -1.30. The van der Waals surface area contributed by atoms with Gasteiger partial charge in [0, 0.05) is 38.8 Å². The van der Waals surface area contributed by atoms with Gasteiger partial charge in [-0.15, -0.1) is 0 Å². The molecule has 1 saturated heterocycles. The van der Waals surface area contributed by atoms with Crippen LogP contribution in [0, 0.1) is 0 Å². The lowest BCUT2D eigenvalue weighted by molar-refractivity contribution is 0.0880. The number of rotatable bonds is 5. The van der Waals surface area contributed by atoms with Crippen molar-refractivity contribution >= 4 is 0 Å². The van der Waals surface area contributed by atoms with Gasteiger partial charge < -0.3 is 20.1 Å². The zero-order valence-corrected chi connectivity index (χ0v) is 12.6. The van der Waals surface area contributed by atoms with Crippen LogP contribution in [0.2, 0.25) is 0 Å². The highest BCUT2D eigenvalue weighted by atomic mass is 16.5. The highest BCUT2D eigenvalue weighted by Gasteiger charge is 2.24. The first-order valence-electron chi connectivity index (χ1n) is 7.01. The third-order valence-electron chi connectivity index (χ3n) is 3.91. The minimum absolute atomic E-state index is 0.418. The lowest BCUT2D eigenvalue weighted by Crippen LogP contribution is -2.54. The van der Waals surface area contributed by atoms with Gasteiger partial charge in [0.2, 0.25) is 0 Å². The molecule has 0 amide bonds. The quantitative estimate of drug-likeness (QED) is 0.863. The smallest absolute Gasteiger partial charge is 0.161 e. The average molecular weight is 279 g/mol. The molecule has 0 spiro atoms. The molecule has 0 aromatic heterocycles. The highest BCUT2D eigenvalue weighted by Crippen LogP contribution is 2.28. The summed E-state index contributed by atoms with van der Waals surface area (Å²) in [4.78, 5) is 4.78. The van der Waals surface area contributed by atoms with Crippen LogP contribution in [-0.4, -0.2) is 63.3 Å². The van der Waals surface area contributed by atoms with Crippen LogP contribution in [0.4, 0.5) is 0 Å². The van der Waals surface area contributed by atoms with Gasteiger partial charge in [-0.3, -0.25) is 4.90 Å². The number of hydrogen-bond acceptors (Lipinski definition) is 5. The molecule has 112 valence electrons. The van der Waals surface area contributed by atoms with Crippen LogP contribution in [0.5, 0.6) is 11.5 Å². The van der Waals surface area contributed by atoms with Crippen molar-refractivity contribution in [2.45, 2.75) is 12.6 Å². The van der Waals surface area contributed by atoms with E-state index in [0.717, 1.165) is 37.7 Å². The molecule has 1 aliphatic rings. The van der Waals surface area contributed by atoms with Crippen molar-refractivity contribution in [3.05, 3.63) is 23.8 Å². The monoisotopic (exact) mass is 279 g/mol. The second-order valence-electron chi connectivity index (χ2n) is 5.31. The van der Waals surface area contributed by atoms with Gasteiger partial charge in [0.25, 0.3) is 0 Å². The normalized spacial score (nSPS) is 20.9. The van der Waals surface area contributed by atoms with Crippen LogP contribution >= 0.6 is 0 Å². The van der Waals surface area contributed by atoms with Crippen molar-refractivity contribution in [2.24, 2.45) is 5.73 Å². The number of hydrogen-bond donors (Lipinski definition) is 1. The van der Waals surface area contributed by atoms with Crippen LogP contribution in [0.15, 0.2) is 18.2 Å². The van der Waals surface area contributed by atoms with E-state index < -0.39 is 0 Å². The standard InChI is InChI=1S/C15H25N3O2/c1-17-6-7-18(13(9-16)11-17)10-12-4-5-14(19-2)15(8-12)20-3/h4-5,8,13H,6-7,9-11,16H2,1-3H3. The van der Waals surface area contributed by atoms with Gasteiger partial charge in [-0.2, -0.15) is 0 Å². The van der Waals surface area contributed by atoms with E-state index in [4.69, 9.17) is 15.2 Å². The summed E-state index contributed by atoms with van der Waals surface area (Å²) in [5, 5.41) is 0. The molecular formula is C15H25N3O2. The SMILES string of the molecule is COc1ccc(CN2CCN(C)CC2CN)cc1OC. The van der Waals surface area contributed by atoms with E-state index in [1.165, 1.54) is 5.56 Å². The number of piperazine rings is 1. The topological polar surface area (TPSA) is 51.0 Å². The molecule has 1 unspecified atom stereocenters. The van der Waals surface area contributed by atoms with Crippen molar-refractivity contribution in [2.75, 3.05) is 47.4 Å². The molecule has 1 aromatic rings. The molecule has 0 saturated carbocycles. The first kappa shape index (κ1) is 15.1. The van der Waals surface area contributed by atoms with Crippen molar-refractivity contribution in [1.29, 1.82) is 0 Å². The number of methoxy groups -OCH3 is 2. The third kappa shape index (κ3) is 3.42. The second kappa shape index (κ2) is 6.92. The third-order valence-corrected chi connectivity index (χ3v) is 3.91. The Morgan fingerprint density at radius 3 is 2.60 bits per heavy atom. The summed E-state index contributed by atoms with van der Waals surface area (Å²) in [6.45, 7) is 4.76. The summed E-state index contributed by atoms with van der Waals surface area (Å²) in [5.41, 5.74) is 7.13. The zero-order valence-electron chi connectivity index (χ0n) is 12.6. The lowest BCUT2D eigenvalue weighted by atomic mass is 10.1. The summed E-state index contributed by atoms with van der Waals surface area (Å²) >= 11 is 0. The van der Waals surface area contributed by atoms with Gasteiger partial charge in [-0.25, -0.2) is 0 Å². The van der Waals surface area contributed by atoms with E-state index in [2.05, 4.69) is 22.9 Å². The van der Waals surface area contributed by atoms with Crippen molar-refractivity contribution in [3.8, 4) is 11.5 Å². The number of benzene rings is 1. The maximum atomic E-state index is 5.90. The maximum Gasteiger partial charge on any atom is 0.161 e. The second-order valence-corrected chi connectivity index (χ2v) is 5.31. The fraction of sp³-hybridized carbons (Fsp3) is 0.600.